The number of carboxylic acids is 1. The number of nitrogens with one attached hydrogen (secondary N) is 2. The SMILES string of the molecule is C=CCNC(=S)N/N=C\c1ccc(-c2ccccc2C(=O)[O-])o1. The van der Waals surface area contributed by atoms with Gasteiger partial charge in [-0.1, -0.05) is 30.3 Å². The number of benzene rings is 1. The van der Waals surface area contributed by atoms with Gasteiger partial charge < -0.3 is 19.6 Å². The van der Waals surface area contributed by atoms with E-state index in [2.05, 4.69) is 22.4 Å². The van der Waals surface area contributed by atoms with Crippen molar-refractivity contribution >= 4 is 29.5 Å². The van der Waals surface area contributed by atoms with Crippen molar-refractivity contribution in [1.29, 1.82) is 0 Å². The maximum absolute atomic E-state index is 11.1. The van der Waals surface area contributed by atoms with Crippen LogP contribution in [-0.2, 0) is 0 Å². The summed E-state index contributed by atoms with van der Waals surface area (Å²) >= 11 is 4.98. The smallest absolute Gasteiger partial charge is 0.187 e. The highest BCUT2D eigenvalue weighted by molar-refractivity contribution is 7.80. The van der Waals surface area contributed by atoms with Crippen molar-refractivity contribution in [3.05, 3.63) is 60.4 Å². The Balaban J connectivity index is 2.08. The van der Waals surface area contributed by atoms with Gasteiger partial charge in [-0.3, -0.25) is 5.43 Å². The second kappa shape index (κ2) is 7.90. The van der Waals surface area contributed by atoms with Crippen molar-refractivity contribution in [1.82, 2.24) is 10.7 Å². The number of nitrogens with zero attached hydrogens (tertiary/aromatic N) is 1. The molecule has 0 saturated carbocycles. The molecule has 0 bridgehead atoms. The molecule has 1 heterocycles. The number of carbonyl (C=O) groups is 1. The van der Waals surface area contributed by atoms with Crippen molar-refractivity contribution in [2.45, 2.75) is 0 Å². The number of furan rings is 1. The molecule has 0 aliphatic rings. The average Bonchev–Trinajstić information content (AvgIpc) is 3.01. The Labute approximate surface area is 138 Å². The molecule has 0 aliphatic carbocycles. The van der Waals surface area contributed by atoms with E-state index in [1.807, 2.05) is 0 Å². The second-order valence-corrected chi connectivity index (χ2v) is 4.81. The molecule has 2 aromatic rings. The van der Waals surface area contributed by atoms with E-state index in [1.54, 1.807) is 36.4 Å². The van der Waals surface area contributed by atoms with Crippen LogP contribution in [0.3, 0.4) is 0 Å². The summed E-state index contributed by atoms with van der Waals surface area (Å²) in [6.45, 7) is 4.10. The maximum atomic E-state index is 11.1. The van der Waals surface area contributed by atoms with Crippen LogP contribution in [0.2, 0.25) is 0 Å². The normalized spacial score (nSPS) is 10.4. The molecule has 0 saturated heterocycles. The predicted molar refractivity (Wildman–Crippen MR) is 90.0 cm³/mol. The van der Waals surface area contributed by atoms with Crippen LogP contribution in [0.25, 0.3) is 11.3 Å². The first-order valence-corrected chi connectivity index (χ1v) is 7.11. The number of aromatic carboxylic acids is 1. The fraction of sp³-hybridized carbons (Fsp3) is 0.0625. The van der Waals surface area contributed by atoms with Gasteiger partial charge in [0.2, 0.25) is 0 Å². The highest BCUT2D eigenvalue weighted by atomic mass is 32.1. The predicted octanol–water partition coefficient (Wildman–Crippen LogP) is 1.29. The Morgan fingerprint density at radius 1 is 1.35 bits per heavy atom. The molecule has 23 heavy (non-hydrogen) atoms. The molecular weight excluding hydrogens is 314 g/mol. The summed E-state index contributed by atoms with van der Waals surface area (Å²) in [5, 5.41) is 18.3. The number of thiocarbonyl (C=S) groups is 1. The summed E-state index contributed by atoms with van der Waals surface area (Å²) in [5.74, 6) is -0.390. The summed E-state index contributed by atoms with van der Waals surface area (Å²) in [6, 6.07) is 9.80. The lowest BCUT2D eigenvalue weighted by atomic mass is 10.1. The fourth-order valence-electron chi connectivity index (χ4n) is 1.80. The zero-order chi connectivity index (χ0) is 16.7. The van der Waals surface area contributed by atoms with Gasteiger partial charge in [-0.25, -0.2) is 0 Å². The number of hydrogen-bond donors (Lipinski definition) is 2. The molecule has 0 fully saturated rings. The number of hydrogen-bond acceptors (Lipinski definition) is 5. The molecule has 0 unspecified atom stereocenters. The van der Waals surface area contributed by atoms with Gasteiger partial charge in [0.05, 0.1) is 12.2 Å². The van der Waals surface area contributed by atoms with E-state index in [9.17, 15) is 9.90 Å². The van der Waals surface area contributed by atoms with E-state index < -0.39 is 5.97 Å². The second-order valence-electron chi connectivity index (χ2n) is 4.40. The summed E-state index contributed by atoms with van der Waals surface area (Å²) in [5.41, 5.74) is 3.14. The van der Waals surface area contributed by atoms with Gasteiger partial charge in [-0.05, 0) is 24.4 Å². The summed E-state index contributed by atoms with van der Waals surface area (Å²) < 4.78 is 5.56. The molecule has 1 aromatic carbocycles. The Morgan fingerprint density at radius 2 is 2.13 bits per heavy atom. The molecule has 2 N–H and O–H groups in total. The van der Waals surface area contributed by atoms with E-state index >= 15 is 0 Å². The lowest BCUT2D eigenvalue weighted by Crippen LogP contribution is -2.31. The number of rotatable bonds is 6. The van der Waals surface area contributed by atoms with Crippen LogP contribution < -0.4 is 15.8 Å². The zero-order valence-corrected chi connectivity index (χ0v) is 12.9. The minimum absolute atomic E-state index is 0.0678. The summed E-state index contributed by atoms with van der Waals surface area (Å²) in [7, 11) is 0. The lowest BCUT2D eigenvalue weighted by Gasteiger charge is -2.07. The molecule has 118 valence electrons. The summed E-state index contributed by atoms with van der Waals surface area (Å²) in [6.07, 6.45) is 3.11. The van der Waals surface area contributed by atoms with E-state index in [-0.39, 0.29) is 5.56 Å². The van der Waals surface area contributed by atoms with E-state index in [1.165, 1.54) is 12.3 Å². The summed E-state index contributed by atoms with van der Waals surface area (Å²) in [4.78, 5) is 11.1. The van der Waals surface area contributed by atoms with E-state index in [4.69, 9.17) is 16.6 Å². The van der Waals surface area contributed by atoms with Crippen LogP contribution in [-0.4, -0.2) is 23.8 Å². The molecule has 0 radical (unpaired) electrons. The first-order chi connectivity index (χ1) is 11.1. The number of hydrazone groups is 1. The third kappa shape index (κ3) is 4.52. The first-order valence-electron chi connectivity index (χ1n) is 6.70. The van der Waals surface area contributed by atoms with Gasteiger partial charge in [-0.2, -0.15) is 5.10 Å². The molecule has 6 nitrogen and oxygen atoms in total. The number of carbonyl (C=O) groups excluding carboxylic acids is 1. The van der Waals surface area contributed by atoms with Crippen molar-refractivity contribution in [2.75, 3.05) is 6.54 Å². The highest BCUT2D eigenvalue weighted by Gasteiger charge is 2.09. The molecule has 2 rings (SSSR count). The quantitative estimate of drug-likeness (QED) is 0.359. The standard InChI is InChI=1S/C16H15N3O3S/c1-2-9-17-16(23)19-18-10-11-7-8-14(22-11)12-5-3-4-6-13(12)15(20)21/h2-8,10H,1,9H2,(H,20,21)(H2,17,19,23)/p-1/b18-10-. The lowest BCUT2D eigenvalue weighted by molar-refractivity contribution is -0.254. The molecule has 0 atom stereocenters. The maximum Gasteiger partial charge on any atom is 0.187 e. The van der Waals surface area contributed by atoms with Crippen molar-refractivity contribution in [3.63, 3.8) is 0 Å². The first kappa shape index (κ1) is 16.4. The molecule has 0 spiro atoms. The monoisotopic (exact) mass is 328 g/mol. The van der Waals surface area contributed by atoms with E-state index in [0.29, 0.717) is 28.7 Å². The molecular formula is C16H14N3O3S-. The fourth-order valence-corrected chi connectivity index (χ4v) is 1.94. The molecule has 1 aromatic heterocycles. The zero-order valence-electron chi connectivity index (χ0n) is 12.1. The Hall–Kier alpha value is -2.93. The molecule has 7 heteroatoms. The minimum Gasteiger partial charge on any atom is -0.545 e. The average molecular weight is 328 g/mol. The topological polar surface area (TPSA) is 89.7 Å². The number of carboxylic acid groups (broad SMARTS) is 1. The Kier molecular flexibility index (Phi) is 5.65. The van der Waals surface area contributed by atoms with Gasteiger partial charge in [0, 0.05) is 17.7 Å². The van der Waals surface area contributed by atoms with Gasteiger partial charge >= 0.3 is 0 Å². The van der Waals surface area contributed by atoms with Crippen LogP contribution in [0.15, 0.2) is 58.6 Å². The van der Waals surface area contributed by atoms with Crippen molar-refractivity contribution < 1.29 is 14.3 Å². The Bertz CT molecular complexity index is 753. The van der Waals surface area contributed by atoms with E-state index in [0.717, 1.165) is 0 Å². The third-order valence-electron chi connectivity index (χ3n) is 2.80. The van der Waals surface area contributed by atoms with Crippen LogP contribution >= 0.6 is 12.2 Å². The van der Waals surface area contributed by atoms with Gasteiger partial charge in [0.25, 0.3) is 0 Å². The molecule has 0 aliphatic heterocycles. The third-order valence-corrected chi connectivity index (χ3v) is 3.04. The van der Waals surface area contributed by atoms with Gasteiger partial charge in [0.15, 0.2) is 5.11 Å². The van der Waals surface area contributed by atoms with Crippen LogP contribution in [0.5, 0.6) is 0 Å². The van der Waals surface area contributed by atoms with Crippen LogP contribution in [0.1, 0.15) is 16.1 Å². The van der Waals surface area contributed by atoms with Gasteiger partial charge in [-0.15, -0.1) is 6.58 Å². The van der Waals surface area contributed by atoms with Crippen LogP contribution in [0, 0.1) is 0 Å². The van der Waals surface area contributed by atoms with Gasteiger partial charge in [0.1, 0.15) is 11.5 Å². The molecule has 0 amide bonds. The van der Waals surface area contributed by atoms with Crippen molar-refractivity contribution in [3.8, 4) is 11.3 Å². The van der Waals surface area contributed by atoms with Crippen molar-refractivity contribution in [2.24, 2.45) is 5.10 Å². The van der Waals surface area contributed by atoms with Crippen LogP contribution in [0.4, 0.5) is 0 Å². The minimum atomic E-state index is -1.26. The largest absolute Gasteiger partial charge is 0.545 e. The Morgan fingerprint density at radius 3 is 2.87 bits per heavy atom. The highest BCUT2D eigenvalue weighted by Crippen LogP contribution is 2.25.